The average Bonchev–Trinajstić information content (AvgIpc) is 3.35. The van der Waals surface area contributed by atoms with Crippen LogP contribution in [0.15, 0.2) is 108 Å². The molecule has 38 heavy (non-hydrogen) atoms. The van der Waals surface area contributed by atoms with Crippen LogP contribution in [0.3, 0.4) is 0 Å². The largest absolute Gasteiger partial charge is 0.451 e. The number of rotatable bonds is 10. The lowest BCUT2D eigenvalue weighted by Gasteiger charge is -2.44. The topological polar surface area (TPSA) is 121 Å². The zero-order valence-electron chi connectivity index (χ0n) is 20.1. The molecule has 0 radical (unpaired) electrons. The zero-order valence-corrected chi connectivity index (χ0v) is 20.1. The Bertz CT molecular complexity index is 1340. The molecule has 1 amide bonds. The standard InChI is InChI=1S/C28H23N3O7/c1-18(17-36-31(34)35)23(30-26(32)22-27(30)38-25(29-22)21-15-9-4-10-16-21)28(33)37-24(19-11-5-2-6-12-19)20-13-7-3-8-14-20/h2-16,22-24,27H,1,17H2/t22?,23-,27?/m1/s1. The first kappa shape index (κ1) is 24.7. The molecule has 1 fully saturated rings. The maximum atomic E-state index is 13.7. The van der Waals surface area contributed by atoms with Crippen LogP contribution in [-0.2, 0) is 23.9 Å². The molecule has 0 aromatic heterocycles. The van der Waals surface area contributed by atoms with Gasteiger partial charge in [-0.05, 0) is 28.8 Å². The fourth-order valence-corrected chi connectivity index (χ4v) is 4.44. The third-order valence-corrected chi connectivity index (χ3v) is 6.24. The number of β-lactam (4-membered cyclic amide) rings is 1. The summed E-state index contributed by atoms with van der Waals surface area (Å²) in [4.78, 5) is 47.7. The molecule has 3 atom stereocenters. The number of aliphatic imine (C=N–C) groups is 1. The van der Waals surface area contributed by atoms with Crippen LogP contribution in [0.2, 0.25) is 0 Å². The van der Waals surface area contributed by atoms with Gasteiger partial charge in [-0.1, -0.05) is 85.4 Å². The summed E-state index contributed by atoms with van der Waals surface area (Å²) in [5, 5.41) is 9.85. The summed E-state index contributed by atoms with van der Waals surface area (Å²) >= 11 is 0. The monoisotopic (exact) mass is 513 g/mol. The van der Waals surface area contributed by atoms with E-state index in [1.54, 1.807) is 12.1 Å². The van der Waals surface area contributed by atoms with Crippen molar-refractivity contribution in [3.8, 4) is 0 Å². The first-order valence-corrected chi connectivity index (χ1v) is 11.8. The van der Waals surface area contributed by atoms with E-state index in [1.807, 2.05) is 78.9 Å². The van der Waals surface area contributed by atoms with Gasteiger partial charge in [0, 0.05) is 5.56 Å². The predicted octanol–water partition coefficient (Wildman–Crippen LogP) is 3.47. The summed E-state index contributed by atoms with van der Waals surface area (Å²) in [5.41, 5.74) is 2.06. The van der Waals surface area contributed by atoms with Crippen LogP contribution in [0.5, 0.6) is 0 Å². The molecule has 10 heteroatoms. The van der Waals surface area contributed by atoms with Gasteiger partial charge < -0.3 is 14.3 Å². The number of benzene rings is 3. The summed E-state index contributed by atoms with van der Waals surface area (Å²) in [6.45, 7) is 3.20. The highest BCUT2D eigenvalue weighted by Gasteiger charge is 2.58. The number of nitrogens with zero attached hydrogens (tertiary/aromatic N) is 3. The van der Waals surface area contributed by atoms with E-state index in [0.717, 1.165) is 4.90 Å². The van der Waals surface area contributed by atoms with E-state index in [4.69, 9.17) is 9.47 Å². The molecular weight excluding hydrogens is 490 g/mol. The highest BCUT2D eigenvalue weighted by molar-refractivity contribution is 6.03. The SMILES string of the molecule is C=C(CO[N+](=O)[O-])[C@H](C(=O)OC(c1ccccc1)c1ccccc1)N1C(=O)C2N=C(c3ccccc3)OC21. The molecule has 0 spiro atoms. The fourth-order valence-electron chi connectivity index (χ4n) is 4.44. The van der Waals surface area contributed by atoms with Crippen molar-refractivity contribution in [2.45, 2.75) is 24.4 Å². The van der Waals surface area contributed by atoms with Crippen LogP contribution in [0.4, 0.5) is 0 Å². The van der Waals surface area contributed by atoms with Crippen molar-refractivity contribution >= 4 is 17.8 Å². The summed E-state index contributed by atoms with van der Waals surface area (Å²) in [5.74, 6) is -1.05. The van der Waals surface area contributed by atoms with Crippen LogP contribution in [0.1, 0.15) is 22.8 Å². The Morgan fingerprint density at radius 2 is 1.55 bits per heavy atom. The highest BCUT2D eigenvalue weighted by Crippen LogP contribution is 2.36. The summed E-state index contributed by atoms with van der Waals surface area (Å²) in [6.07, 6.45) is -1.70. The quantitative estimate of drug-likeness (QED) is 0.134. The van der Waals surface area contributed by atoms with Gasteiger partial charge in [0.2, 0.25) is 12.1 Å². The van der Waals surface area contributed by atoms with Crippen molar-refractivity contribution in [3.05, 3.63) is 130 Å². The zero-order chi connectivity index (χ0) is 26.6. The van der Waals surface area contributed by atoms with Crippen LogP contribution in [-0.4, -0.2) is 52.7 Å². The van der Waals surface area contributed by atoms with Crippen molar-refractivity contribution < 1.29 is 29.0 Å². The Hall–Kier alpha value is -4.99. The Morgan fingerprint density at radius 3 is 2.11 bits per heavy atom. The van der Waals surface area contributed by atoms with Gasteiger partial charge in [-0.25, -0.2) is 9.79 Å². The van der Waals surface area contributed by atoms with Crippen LogP contribution >= 0.6 is 0 Å². The van der Waals surface area contributed by atoms with E-state index in [0.29, 0.717) is 16.7 Å². The lowest BCUT2D eigenvalue weighted by molar-refractivity contribution is -0.755. The van der Waals surface area contributed by atoms with Crippen LogP contribution in [0, 0.1) is 10.1 Å². The molecule has 5 rings (SSSR count). The van der Waals surface area contributed by atoms with E-state index in [2.05, 4.69) is 16.4 Å². The van der Waals surface area contributed by atoms with Crippen molar-refractivity contribution in [2.75, 3.05) is 6.61 Å². The predicted molar refractivity (Wildman–Crippen MR) is 135 cm³/mol. The van der Waals surface area contributed by atoms with Gasteiger partial charge in [-0.2, -0.15) is 0 Å². The second-order valence-corrected chi connectivity index (χ2v) is 8.70. The molecule has 0 aliphatic carbocycles. The Kier molecular flexibility index (Phi) is 6.86. The van der Waals surface area contributed by atoms with Gasteiger partial charge in [0.25, 0.3) is 11.0 Å². The Labute approximate surface area is 217 Å². The molecule has 3 aromatic rings. The molecule has 1 saturated heterocycles. The maximum absolute atomic E-state index is 13.7. The first-order valence-electron chi connectivity index (χ1n) is 11.8. The summed E-state index contributed by atoms with van der Waals surface area (Å²) in [6, 6.07) is 25.0. The third kappa shape index (κ3) is 4.83. The molecule has 2 aliphatic heterocycles. The second kappa shape index (κ2) is 10.6. The van der Waals surface area contributed by atoms with E-state index in [1.165, 1.54) is 0 Å². The van der Waals surface area contributed by atoms with Crippen LogP contribution < -0.4 is 0 Å². The number of carbonyl (C=O) groups is 2. The molecule has 192 valence electrons. The summed E-state index contributed by atoms with van der Waals surface area (Å²) in [7, 11) is 0. The van der Waals surface area contributed by atoms with Crippen molar-refractivity contribution in [2.24, 2.45) is 4.99 Å². The molecule has 0 bridgehead atoms. The number of amides is 1. The Balaban J connectivity index is 1.43. The normalized spacial score (nSPS) is 18.5. The van der Waals surface area contributed by atoms with Gasteiger partial charge in [0.1, 0.15) is 6.61 Å². The summed E-state index contributed by atoms with van der Waals surface area (Å²) < 4.78 is 11.9. The van der Waals surface area contributed by atoms with Gasteiger partial charge in [0.05, 0.1) is 0 Å². The number of ether oxygens (including phenoxy) is 2. The van der Waals surface area contributed by atoms with E-state index in [-0.39, 0.29) is 11.5 Å². The molecule has 10 nitrogen and oxygen atoms in total. The minimum absolute atomic E-state index is 0.0323. The molecule has 2 unspecified atom stereocenters. The van der Waals surface area contributed by atoms with E-state index >= 15 is 0 Å². The Morgan fingerprint density at radius 1 is 1.00 bits per heavy atom. The molecule has 0 N–H and O–H groups in total. The van der Waals surface area contributed by atoms with Gasteiger partial charge in [-0.15, -0.1) is 10.1 Å². The van der Waals surface area contributed by atoms with Gasteiger partial charge in [-0.3, -0.25) is 9.69 Å². The van der Waals surface area contributed by atoms with Crippen molar-refractivity contribution in [1.82, 2.24) is 4.90 Å². The van der Waals surface area contributed by atoms with E-state index in [9.17, 15) is 19.7 Å². The van der Waals surface area contributed by atoms with Gasteiger partial charge >= 0.3 is 5.97 Å². The molecule has 3 aromatic carbocycles. The minimum atomic E-state index is -1.40. The van der Waals surface area contributed by atoms with Crippen molar-refractivity contribution in [3.63, 3.8) is 0 Å². The van der Waals surface area contributed by atoms with Gasteiger partial charge in [0.15, 0.2) is 18.2 Å². The number of hydrogen-bond donors (Lipinski definition) is 0. The average molecular weight is 514 g/mol. The molecular formula is C28H23N3O7. The lowest BCUT2D eigenvalue weighted by atomic mass is 9.97. The smallest absolute Gasteiger partial charge is 0.334 e. The third-order valence-electron chi connectivity index (χ3n) is 6.24. The second-order valence-electron chi connectivity index (χ2n) is 8.70. The maximum Gasteiger partial charge on any atom is 0.334 e. The molecule has 2 aliphatic rings. The lowest BCUT2D eigenvalue weighted by Crippen LogP contribution is -2.68. The number of fused-ring (bicyclic) bond motifs is 1. The number of esters is 1. The van der Waals surface area contributed by atoms with Crippen molar-refractivity contribution in [1.29, 1.82) is 0 Å². The first-order chi connectivity index (χ1) is 18.4. The molecule has 2 heterocycles. The van der Waals surface area contributed by atoms with Crippen LogP contribution in [0.25, 0.3) is 0 Å². The number of likely N-dealkylation sites (tertiary alicyclic amines) is 1. The highest BCUT2D eigenvalue weighted by atomic mass is 16.9. The minimum Gasteiger partial charge on any atom is -0.451 e. The number of hydrogen-bond acceptors (Lipinski definition) is 8. The number of carbonyl (C=O) groups excluding carboxylic acids is 2. The van der Waals surface area contributed by atoms with E-state index < -0.39 is 48.0 Å². The molecule has 0 saturated carbocycles. The fraction of sp³-hybridized carbons (Fsp3) is 0.179.